The molecule has 2 aromatic carbocycles. The summed E-state index contributed by atoms with van der Waals surface area (Å²) in [6.45, 7) is 0. The molecule has 3 heterocycles. The lowest BCUT2D eigenvalue weighted by Gasteiger charge is -2.18. The van der Waals surface area contributed by atoms with Crippen molar-refractivity contribution < 1.29 is 9.59 Å². The van der Waals surface area contributed by atoms with Gasteiger partial charge < -0.3 is 15.0 Å². The average molecular weight is 454 g/mol. The van der Waals surface area contributed by atoms with E-state index in [0.29, 0.717) is 17.8 Å². The summed E-state index contributed by atoms with van der Waals surface area (Å²) in [7, 11) is 1.88. The van der Waals surface area contributed by atoms with E-state index in [4.69, 9.17) is 0 Å². The van der Waals surface area contributed by atoms with Gasteiger partial charge in [0.2, 0.25) is 0 Å². The van der Waals surface area contributed by atoms with Gasteiger partial charge in [-0.05, 0) is 72.9 Å². The van der Waals surface area contributed by atoms with Crippen molar-refractivity contribution in [2.45, 2.75) is 44.6 Å². The third kappa shape index (κ3) is 6.19. The molecule has 1 aromatic heterocycles. The van der Waals surface area contributed by atoms with Crippen molar-refractivity contribution in [1.82, 2.24) is 10.3 Å². The van der Waals surface area contributed by atoms with E-state index in [1.807, 2.05) is 18.1 Å². The van der Waals surface area contributed by atoms with Crippen LogP contribution in [0.5, 0.6) is 0 Å². The number of hydrogen-bond acceptors (Lipinski definition) is 4. The quantitative estimate of drug-likeness (QED) is 0.543. The van der Waals surface area contributed by atoms with Gasteiger partial charge in [0.1, 0.15) is 12.1 Å². The first-order valence-corrected chi connectivity index (χ1v) is 11.9. The van der Waals surface area contributed by atoms with Gasteiger partial charge in [-0.15, -0.1) is 0 Å². The zero-order valence-corrected chi connectivity index (χ0v) is 19.6. The Morgan fingerprint density at radius 3 is 2.47 bits per heavy atom. The van der Waals surface area contributed by atoms with Crippen LogP contribution < -0.4 is 10.2 Å². The molecular formula is C29H31N3O2. The Hall–Kier alpha value is -3.73. The summed E-state index contributed by atoms with van der Waals surface area (Å²) >= 11 is 0. The van der Waals surface area contributed by atoms with Crippen molar-refractivity contribution in [1.29, 1.82) is 0 Å². The van der Waals surface area contributed by atoms with Crippen molar-refractivity contribution in [3.63, 3.8) is 0 Å². The monoisotopic (exact) mass is 453 g/mol. The summed E-state index contributed by atoms with van der Waals surface area (Å²) in [5.41, 5.74) is 5.38. The summed E-state index contributed by atoms with van der Waals surface area (Å²) in [5, 5.41) is 2.87. The van der Waals surface area contributed by atoms with Crippen LogP contribution in [0, 0.1) is 0 Å². The number of pyridine rings is 1. The maximum Gasteiger partial charge on any atom is 0.255 e. The predicted molar refractivity (Wildman–Crippen MR) is 136 cm³/mol. The lowest BCUT2D eigenvalue weighted by molar-refractivity contribution is -0.109. The van der Waals surface area contributed by atoms with Crippen molar-refractivity contribution in [2.24, 2.45) is 0 Å². The lowest BCUT2D eigenvalue weighted by atomic mass is 10.00. The predicted octanol–water partition coefficient (Wildman–Crippen LogP) is 4.69. The highest BCUT2D eigenvalue weighted by molar-refractivity contribution is 6.00. The molecule has 0 saturated heterocycles. The zero-order valence-electron chi connectivity index (χ0n) is 19.6. The van der Waals surface area contributed by atoms with E-state index >= 15 is 0 Å². The molecule has 0 fully saturated rings. The number of amides is 1. The van der Waals surface area contributed by atoms with Gasteiger partial charge in [-0.1, -0.05) is 54.6 Å². The molecule has 5 nitrogen and oxygen atoms in total. The minimum absolute atomic E-state index is 0.310. The van der Waals surface area contributed by atoms with Crippen LogP contribution in [0.15, 0.2) is 79.1 Å². The van der Waals surface area contributed by atoms with Gasteiger partial charge in [0, 0.05) is 19.4 Å². The first-order chi connectivity index (χ1) is 16.6. The Morgan fingerprint density at radius 2 is 1.68 bits per heavy atom. The highest BCUT2D eigenvalue weighted by Gasteiger charge is 2.18. The molecule has 1 N–H and O–H groups in total. The summed E-state index contributed by atoms with van der Waals surface area (Å²) < 4.78 is 0. The molecule has 0 unspecified atom stereocenters. The SMILES string of the molecule is CN1/C=C\Cc2cccc(c2)CCCCc2ccc(cc2)C[C@@H](C=O)NC(=O)c2cccnc21. The summed E-state index contributed by atoms with van der Waals surface area (Å²) in [5.74, 6) is 0.237. The Kier molecular flexibility index (Phi) is 7.87. The maximum absolute atomic E-state index is 13.0. The van der Waals surface area contributed by atoms with Crippen LogP contribution in [0.3, 0.4) is 0 Å². The number of aryl methyl sites for hydroxylation is 2. The number of carbonyl (C=O) groups excluding carboxylic acids is 2. The number of carbonyl (C=O) groups is 2. The van der Waals surface area contributed by atoms with Gasteiger partial charge in [-0.3, -0.25) is 4.79 Å². The van der Waals surface area contributed by atoms with E-state index in [9.17, 15) is 9.59 Å². The molecule has 0 radical (unpaired) electrons. The smallest absolute Gasteiger partial charge is 0.255 e. The van der Waals surface area contributed by atoms with Gasteiger partial charge in [-0.2, -0.15) is 0 Å². The molecule has 174 valence electrons. The summed E-state index contributed by atoms with van der Waals surface area (Å²) in [6.07, 6.45) is 12.1. The van der Waals surface area contributed by atoms with Crippen LogP contribution >= 0.6 is 0 Å². The van der Waals surface area contributed by atoms with E-state index in [1.54, 1.807) is 18.3 Å². The van der Waals surface area contributed by atoms with Crippen LogP contribution in [-0.2, 0) is 30.5 Å². The Bertz CT molecular complexity index is 1150. The largest absolute Gasteiger partial charge is 0.342 e. The second kappa shape index (κ2) is 11.4. The molecule has 5 rings (SSSR count). The third-order valence-electron chi connectivity index (χ3n) is 6.18. The minimum atomic E-state index is -0.604. The lowest BCUT2D eigenvalue weighted by Crippen LogP contribution is -2.38. The number of anilines is 1. The average Bonchev–Trinajstić information content (AvgIpc) is 2.87. The summed E-state index contributed by atoms with van der Waals surface area (Å²) in [4.78, 5) is 31.1. The van der Waals surface area contributed by atoms with Gasteiger partial charge in [0.25, 0.3) is 5.91 Å². The molecule has 0 spiro atoms. The third-order valence-corrected chi connectivity index (χ3v) is 6.18. The fourth-order valence-electron chi connectivity index (χ4n) is 4.32. The van der Waals surface area contributed by atoms with E-state index < -0.39 is 6.04 Å². The van der Waals surface area contributed by atoms with Crippen LogP contribution in [0.4, 0.5) is 5.82 Å². The molecule has 3 aromatic rings. The zero-order chi connectivity index (χ0) is 23.8. The Balaban J connectivity index is 1.61. The number of aromatic nitrogens is 1. The maximum atomic E-state index is 13.0. The van der Waals surface area contributed by atoms with Gasteiger partial charge in [0.15, 0.2) is 0 Å². The molecule has 0 aliphatic carbocycles. The highest BCUT2D eigenvalue weighted by Crippen LogP contribution is 2.18. The molecule has 5 heteroatoms. The Morgan fingerprint density at radius 1 is 0.941 bits per heavy atom. The van der Waals surface area contributed by atoms with E-state index in [0.717, 1.165) is 44.0 Å². The Labute approximate surface area is 201 Å². The normalized spacial score (nSPS) is 18.3. The van der Waals surface area contributed by atoms with Gasteiger partial charge in [-0.25, -0.2) is 4.98 Å². The topological polar surface area (TPSA) is 62.3 Å². The fraction of sp³-hybridized carbons (Fsp3) is 0.276. The van der Waals surface area contributed by atoms with Crippen molar-refractivity contribution in [3.05, 3.63) is 107 Å². The number of hydrogen-bond donors (Lipinski definition) is 1. The number of rotatable bonds is 1. The number of allylic oxidation sites excluding steroid dienone is 1. The molecular weight excluding hydrogens is 422 g/mol. The number of aldehydes is 1. The first-order valence-electron chi connectivity index (χ1n) is 11.9. The van der Waals surface area contributed by atoms with Crippen molar-refractivity contribution in [2.75, 3.05) is 11.9 Å². The van der Waals surface area contributed by atoms with Crippen LogP contribution in [-0.4, -0.2) is 30.3 Å². The van der Waals surface area contributed by atoms with Crippen molar-refractivity contribution >= 4 is 18.0 Å². The summed E-state index contributed by atoms with van der Waals surface area (Å²) in [6, 6.07) is 20.0. The van der Waals surface area contributed by atoms with Gasteiger partial charge >= 0.3 is 0 Å². The molecule has 34 heavy (non-hydrogen) atoms. The van der Waals surface area contributed by atoms with Crippen LogP contribution in [0.2, 0.25) is 0 Å². The molecule has 0 saturated carbocycles. The number of fused-ring (bicyclic) bond motifs is 10. The fourth-order valence-corrected chi connectivity index (χ4v) is 4.32. The van der Waals surface area contributed by atoms with E-state index in [2.05, 4.69) is 64.9 Å². The number of benzene rings is 2. The molecule has 4 bridgehead atoms. The molecule has 2 aliphatic heterocycles. The standard InChI is InChI=1S/C29H31N3O2/c1-32-18-6-11-24-10-4-9-23(19-24)8-3-2-7-22-13-15-25(16-14-22)20-26(21-33)31-29(34)27-12-5-17-30-28(27)32/h4-6,9-10,12-19,21,26H,2-3,7-8,11,20H2,1H3,(H,31,34)/b18-6-/t26-/m0/s1. The number of nitrogens with one attached hydrogen (secondary N) is 1. The van der Waals surface area contributed by atoms with Gasteiger partial charge in [0.05, 0.1) is 11.6 Å². The second-order valence-corrected chi connectivity index (χ2v) is 8.84. The van der Waals surface area contributed by atoms with Crippen LogP contribution in [0.25, 0.3) is 0 Å². The van der Waals surface area contributed by atoms with Crippen molar-refractivity contribution in [3.8, 4) is 0 Å². The molecule has 1 atom stereocenters. The van der Waals surface area contributed by atoms with Crippen LogP contribution in [0.1, 0.15) is 45.5 Å². The molecule has 2 aliphatic rings. The number of nitrogens with zero attached hydrogens (tertiary/aromatic N) is 2. The molecule has 1 amide bonds. The second-order valence-electron chi connectivity index (χ2n) is 8.84. The first kappa shape index (κ1) is 23.4. The van der Waals surface area contributed by atoms with E-state index in [1.165, 1.54) is 16.7 Å². The minimum Gasteiger partial charge on any atom is -0.342 e. The van der Waals surface area contributed by atoms with E-state index in [-0.39, 0.29) is 5.91 Å². The highest BCUT2D eigenvalue weighted by atomic mass is 16.2.